The molecule has 2 aromatic carbocycles. The minimum Gasteiger partial charge on any atom is -0.324 e. The smallest absolute Gasteiger partial charge is 0.324 e. The monoisotopic (exact) mass is 389 g/mol. The number of rotatable bonds is 2. The summed E-state index contributed by atoms with van der Waals surface area (Å²) in [6, 6.07) is 15.6. The molecule has 0 saturated carbocycles. The van der Waals surface area contributed by atoms with E-state index in [1.54, 1.807) is 4.90 Å². The number of para-hydroxylation sites is 2. The van der Waals surface area contributed by atoms with Gasteiger partial charge in [-0.1, -0.05) is 48.6 Å². The number of hydrogen-bond acceptors (Lipinski definition) is 4. The van der Waals surface area contributed by atoms with Gasteiger partial charge in [0.1, 0.15) is 0 Å². The van der Waals surface area contributed by atoms with Gasteiger partial charge in [0, 0.05) is 23.2 Å². The summed E-state index contributed by atoms with van der Waals surface area (Å²) in [5, 5.41) is 3.57. The van der Waals surface area contributed by atoms with Crippen LogP contribution in [0.3, 0.4) is 0 Å². The first-order chi connectivity index (χ1) is 13.7. The van der Waals surface area contributed by atoms with E-state index in [9.17, 15) is 4.79 Å². The first kappa shape index (κ1) is 19.3. The fourth-order valence-corrected chi connectivity index (χ4v) is 4.31. The van der Waals surface area contributed by atoms with Crippen LogP contribution in [0.2, 0.25) is 0 Å². The molecular weight excluding hydrogens is 362 g/mol. The van der Waals surface area contributed by atoms with Crippen LogP contribution < -0.4 is 15.7 Å². The average Bonchev–Trinajstić information content (AvgIpc) is 2.80. The van der Waals surface area contributed by atoms with Gasteiger partial charge < -0.3 is 10.2 Å². The molecule has 0 aliphatic carbocycles. The van der Waals surface area contributed by atoms with Gasteiger partial charge in [-0.2, -0.15) is 0 Å². The van der Waals surface area contributed by atoms with E-state index in [0.29, 0.717) is 0 Å². The highest BCUT2D eigenvalue weighted by molar-refractivity contribution is 6.03. The molecule has 0 spiro atoms. The van der Waals surface area contributed by atoms with Gasteiger partial charge in [0.25, 0.3) is 0 Å². The van der Waals surface area contributed by atoms with E-state index in [4.69, 9.17) is 4.84 Å². The Morgan fingerprint density at radius 3 is 2.07 bits per heavy atom. The maximum absolute atomic E-state index is 13.2. The zero-order valence-corrected chi connectivity index (χ0v) is 17.3. The lowest BCUT2D eigenvalue weighted by molar-refractivity contribution is 0.106. The van der Waals surface area contributed by atoms with Crippen molar-refractivity contribution < 1.29 is 9.63 Å². The zero-order chi connectivity index (χ0) is 20.6. The van der Waals surface area contributed by atoms with Crippen LogP contribution in [0.1, 0.15) is 45.2 Å². The number of benzene rings is 2. The zero-order valence-electron chi connectivity index (χ0n) is 17.3. The lowest BCUT2D eigenvalue weighted by atomic mass is 9.87. The van der Waals surface area contributed by atoms with Crippen LogP contribution in [-0.4, -0.2) is 17.2 Å². The first-order valence-electron chi connectivity index (χ1n) is 9.88. The van der Waals surface area contributed by atoms with Gasteiger partial charge >= 0.3 is 6.09 Å². The van der Waals surface area contributed by atoms with Crippen LogP contribution in [0.15, 0.2) is 60.3 Å². The molecule has 5 heteroatoms. The number of nitrogens with one attached hydrogen (secondary N) is 2. The number of fused-ring (bicyclic) bond motifs is 2. The molecule has 2 heterocycles. The molecule has 1 amide bonds. The molecule has 0 saturated heterocycles. The fraction of sp³-hybridized carbons (Fsp3) is 0.292. The standard InChI is InChI=1S/C24H27N3O2/c1-23(2)15-19(16-24(3,4)26-23)25-29-22(28)27-20-11-7-5-9-17(20)13-14-18-10-6-8-12-21(18)27/h5-15,25-26H,16H2,1-4H3. The van der Waals surface area contributed by atoms with Crippen LogP contribution in [0.4, 0.5) is 16.2 Å². The molecular formula is C24H27N3O2. The second-order valence-corrected chi connectivity index (χ2v) is 8.83. The van der Waals surface area contributed by atoms with E-state index in [1.165, 1.54) is 0 Å². The van der Waals surface area contributed by atoms with E-state index in [1.807, 2.05) is 60.7 Å². The van der Waals surface area contributed by atoms with Gasteiger partial charge in [-0.3, -0.25) is 0 Å². The molecule has 0 aromatic heterocycles. The fourth-order valence-electron chi connectivity index (χ4n) is 4.31. The van der Waals surface area contributed by atoms with Crippen molar-refractivity contribution in [2.45, 2.75) is 45.2 Å². The quantitative estimate of drug-likeness (QED) is 0.677. The summed E-state index contributed by atoms with van der Waals surface area (Å²) < 4.78 is 0. The summed E-state index contributed by atoms with van der Waals surface area (Å²) in [6.07, 6.45) is 6.38. The maximum Gasteiger partial charge on any atom is 0.443 e. The maximum atomic E-state index is 13.2. The van der Waals surface area contributed by atoms with Crippen molar-refractivity contribution in [3.8, 4) is 0 Å². The van der Waals surface area contributed by atoms with Gasteiger partial charge in [0.15, 0.2) is 0 Å². The normalized spacial score (nSPS) is 18.8. The number of carbonyl (C=O) groups excluding carboxylic acids is 1. The number of anilines is 2. The summed E-state index contributed by atoms with van der Waals surface area (Å²) in [5.41, 5.74) is 7.03. The molecule has 29 heavy (non-hydrogen) atoms. The molecule has 0 unspecified atom stereocenters. The highest BCUT2D eigenvalue weighted by Crippen LogP contribution is 2.36. The highest BCUT2D eigenvalue weighted by atomic mass is 16.7. The third kappa shape index (κ3) is 4.05. The van der Waals surface area contributed by atoms with Crippen molar-refractivity contribution in [2.75, 3.05) is 4.90 Å². The number of nitrogens with zero attached hydrogens (tertiary/aromatic N) is 1. The molecule has 2 aliphatic heterocycles. The van der Waals surface area contributed by atoms with Crippen molar-refractivity contribution in [1.82, 2.24) is 10.8 Å². The van der Waals surface area contributed by atoms with Gasteiger partial charge in [-0.05, 0) is 57.0 Å². The van der Waals surface area contributed by atoms with Crippen LogP contribution >= 0.6 is 0 Å². The Kier molecular flexibility index (Phi) is 4.71. The van der Waals surface area contributed by atoms with Crippen LogP contribution in [0.25, 0.3) is 12.2 Å². The second-order valence-electron chi connectivity index (χ2n) is 8.83. The molecule has 5 nitrogen and oxygen atoms in total. The van der Waals surface area contributed by atoms with E-state index in [0.717, 1.165) is 34.6 Å². The summed E-state index contributed by atoms with van der Waals surface area (Å²) in [5.74, 6) is 0. The molecule has 0 bridgehead atoms. The van der Waals surface area contributed by atoms with Crippen LogP contribution in [0.5, 0.6) is 0 Å². The summed E-state index contributed by atoms with van der Waals surface area (Å²) in [7, 11) is 0. The molecule has 0 atom stereocenters. The van der Waals surface area contributed by atoms with Crippen LogP contribution in [-0.2, 0) is 4.84 Å². The summed E-state index contributed by atoms with van der Waals surface area (Å²) >= 11 is 0. The third-order valence-corrected chi connectivity index (χ3v) is 5.08. The Bertz CT molecular complexity index is 955. The van der Waals surface area contributed by atoms with Gasteiger partial charge in [-0.15, -0.1) is 0 Å². The summed E-state index contributed by atoms with van der Waals surface area (Å²) in [6.45, 7) is 8.48. The molecule has 150 valence electrons. The van der Waals surface area contributed by atoms with E-state index < -0.39 is 6.09 Å². The average molecular weight is 389 g/mol. The number of hydroxylamine groups is 1. The third-order valence-electron chi connectivity index (χ3n) is 5.08. The molecule has 0 fully saturated rings. The topological polar surface area (TPSA) is 53.6 Å². The Hall–Kier alpha value is -3.05. The largest absolute Gasteiger partial charge is 0.443 e. The SMILES string of the molecule is CC1(C)C=C(NOC(=O)N2c3ccccc3C=Cc3ccccc32)CC(C)(C)N1. The molecule has 2 aliphatic rings. The van der Waals surface area contributed by atoms with Crippen molar-refractivity contribution in [1.29, 1.82) is 0 Å². The van der Waals surface area contributed by atoms with Crippen molar-refractivity contribution in [3.63, 3.8) is 0 Å². The second kappa shape index (κ2) is 7.08. The lowest BCUT2D eigenvalue weighted by Gasteiger charge is -2.41. The molecule has 4 rings (SSSR count). The molecule has 2 aromatic rings. The minimum absolute atomic E-state index is 0.0985. The molecule has 2 N–H and O–H groups in total. The number of hydrogen-bond donors (Lipinski definition) is 2. The van der Waals surface area contributed by atoms with Crippen molar-refractivity contribution in [3.05, 3.63) is 71.4 Å². The highest BCUT2D eigenvalue weighted by Gasteiger charge is 2.33. The predicted octanol–water partition coefficient (Wildman–Crippen LogP) is 5.38. The summed E-state index contributed by atoms with van der Waals surface area (Å²) in [4.78, 5) is 20.4. The van der Waals surface area contributed by atoms with E-state index in [-0.39, 0.29) is 11.1 Å². The number of carbonyl (C=O) groups is 1. The van der Waals surface area contributed by atoms with Gasteiger partial charge in [0.05, 0.1) is 11.4 Å². The lowest BCUT2D eigenvalue weighted by Crippen LogP contribution is -2.55. The van der Waals surface area contributed by atoms with Crippen molar-refractivity contribution >= 4 is 29.6 Å². The Labute approximate surface area is 172 Å². The predicted molar refractivity (Wildman–Crippen MR) is 118 cm³/mol. The van der Waals surface area contributed by atoms with Gasteiger partial charge in [0.2, 0.25) is 0 Å². The number of amides is 1. The van der Waals surface area contributed by atoms with Crippen molar-refractivity contribution in [2.24, 2.45) is 0 Å². The Morgan fingerprint density at radius 2 is 1.52 bits per heavy atom. The molecule has 0 radical (unpaired) electrons. The van der Waals surface area contributed by atoms with E-state index >= 15 is 0 Å². The van der Waals surface area contributed by atoms with Crippen LogP contribution in [0, 0.1) is 0 Å². The Morgan fingerprint density at radius 1 is 0.966 bits per heavy atom. The first-order valence-corrected chi connectivity index (χ1v) is 9.88. The van der Waals surface area contributed by atoms with Gasteiger partial charge in [-0.25, -0.2) is 15.2 Å². The Balaban J connectivity index is 1.62. The van der Waals surface area contributed by atoms with E-state index in [2.05, 4.69) is 44.6 Å². The minimum atomic E-state index is -0.469.